The summed E-state index contributed by atoms with van der Waals surface area (Å²) in [4.78, 5) is 16.1. The average molecular weight is 642 g/mol. The van der Waals surface area contributed by atoms with E-state index in [1.165, 1.54) is 18.0 Å². The molecule has 3 aliphatic heterocycles. The van der Waals surface area contributed by atoms with Crippen molar-refractivity contribution in [3.63, 3.8) is 0 Å². The van der Waals surface area contributed by atoms with Gasteiger partial charge in [-0.15, -0.1) is 0 Å². The van der Waals surface area contributed by atoms with E-state index >= 15 is 0 Å². The van der Waals surface area contributed by atoms with Gasteiger partial charge in [0.1, 0.15) is 0 Å². The van der Waals surface area contributed by atoms with Crippen LogP contribution in [0.4, 0.5) is 5.69 Å². The fourth-order valence-corrected chi connectivity index (χ4v) is 12.1. The van der Waals surface area contributed by atoms with Crippen molar-refractivity contribution in [1.82, 2.24) is 20.0 Å². The number of hydrogen-bond donors (Lipinski definition) is 4. The molecule has 5 N–H and O–H groups in total. The standard InChI is InChI=1S/C17H21I2N6O3P/c20-17-18-15-14(16(26)23-17)21-9-25(15)6-7-28-10-29(27)22-8-11-2-1-3-12(13(11)24-29)19-4-5-19/h1-3,9H,4-8,10H2,(H3,20,23,26)(H2,22,24,27). The molecule has 29 heavy (non-hydrogen) atoms. The molecule has 1 aromatic carbocycles. The number of ether oxygens (including phenoxy) is 1. The van der Waals surface area contributed by atoms with Crippen molar-refractivity contribution in [3.8, 4) is 0 Å². The van der Waals surface area contributed by atoms with Gasteiger partial charge in [-0.05, 0) is 0 Å². The van der Waals surface area contributed by atoms with Crippen LogP contribution in [0.3, 0.4) is 0 Å². The molecule has 1 aromatic heterocycles. The molecule has 1 amide bonds. The molecule has 0 spiro atoms. The SMILES string of the molecule is NC1=Ic2c(ncn2CCOCP2(=O)NCc3cccc(I4CC4)c3N2)C(=O)N1. The quantitative estimate of drug-likeness (QED) is 0.164. The zero-order valence-electron chi connectivity index (χ0n) is 15.5. The monoisotopic (exact) mass is 642 g/mol. The summed E-state index contributed by atoms with van der Waals surface area (Å²) in [5.41, 5.74) is 8.56. The van der Waals surface area contributed by atoms with Crippen molar-refractivity contribution in [2.45, 2.75) is 13.1 Å². The van der Waals surface area contributed by atoms with Crippen molar-refractivity contribution < 1.29 is 14.1 Å². The number of amides is 1. The van der Waals surface area contributed by atoms with Crippen molar-refractivity contribution in [3.05, 3.63) is 43.1 Å². The third kappa shape index (κ3) is 4.17. The molecule has 0 aliphatic carbocycles. The van der Waals surface area contributed by atoms with Gasteiger partial charge in [-0.25, -0.2) is 0 Å². The van der Waals surface area contributed by atoms with Gasteiger partial charge in [0.15, 0.2) is 0 Å². The second kappa shape index (κ2) is 8.00. The number of nitrogens with one attached hydrogen (secondary N) is 3. The number of hydrogen-bond acceptors (Lipinski definition) is 5. The van der Waals surface area contributed by atoms with Crippen molar-refractivity contribution >= 4 is 63.3 Å². The van der Waals surface area contributed by atoms with Crippen LogP contribution >= 0.6 is 48.0 Å². The van der Waals surface area contributed by atoms with Gasteiger partial charge in [-0.1, -0.05) is 0 Å². The van der Waals surface area contributed by atoms with E-state index in [4.69, 9.17) is 10.5 Å². The second-order valence-electron chi connectivity index (χ2n) is 6.81. The maximum atomic E-state index is 13.3. The smallest absolute Gasteiger partial charge is 0.307 e. The van der Waals surface area contributed by atoms with E-state index in [1.807, 2.05) is 4.57 Å². The predicted octanol–water partition coefficient (Wildman–Crippen LogP) is 1.88. The van der Waals surface area contributed by atoms with Crippen LogP contribution in [0.2, 0.25) is 0 Å². The summed E-state index contributed by atoms with van der Waals surface area (Å²) < 4.78 is 26.5. The number of carbonyl (C=O) groups is 1. The van der Waals surface area contributed by atoms with E-state index in [1.54, 1.807) is 6.33 Å². The number of imidazole rings is 1. The van der Waals surface area contributed by atoms with Crippen LogP contribution in [-0.4, -0.2) is 41.0 Å². The normalized spacial score (nSPS) is 23.8. The molecule has 156 valence electrons. The predicted molar refractivity (Wildman–Crippen MR) is 129 cm³/mol. The summed E-state index contributed by atoms with van der Waals surface area (Å²) in [6.45, 7) is 1.53. The zero-order chi connectivity index (χ0) is 20.0. The van der Waals surface area contributed by atoms with Crippen molar-refractivity contribution in [2.24, 2.45) is 5.73 Å². The van der Waals surface area contributed by atoms with Gasteiger partial charge in [0, 0.05) is 0 Å². The number of anilines is 1. The van der Waals surface area contributed by atoms with E-state index in [-0.39, 0.29) is 12.3 Å². The number of aromatic nitrogens is 2. The molecule has 12 heteroatoms. The molecule has 2 aromatic rings. The molecular weight excluding hydrogens is 621 g/mol. The Balaban J connectivity index is 1.21. The number of nitrogens with zero attached hydrogens (tertiary/aromatic N) is 2. The zero-order valence-corrected chi connectivity index (χ0v) is 20.7. The molecule has 9 nitrogen and oxygen atoms in total. The Morgan fingerprint density at radius 1 is 1.38 bits per heavy atom. The van der Waals surface area contributed by atoms with Gasteiger partial charge in [0.25, 0.3) is 0 Å². The number of nitrogens with two attached hydrogens (primary N) is 1. The first-order valence-electron chi connectivity index (χ1n) is 9.10. The third-order valence-electron chi connectivity index (χ3n) is 4.75. The minimum Gasteiger partial charge on any atom is -0.307 e. The topological polar surface area (TPSA) is 123 Å². The summed E-state index contributed by atoms with van der Waals surface area (Å²) >= 11 is -1.60. The van der Waals surface area contributed by atoms with Crippen LogP contribution in [0.5, 0.6) is 0 Å². The number of benzene rings is 1. The third-order valence-corrected chi connectivity index (χ3v) is 13.7. The first kappa shape index (κ1) is 20.1. The van der Waals surface area contributed by atoms with E-state index in [9.17, 15) is 9.36 Å². The van der Waals surface area contributed by atoms with E-state index in [2.05, 4.69) is 38.7 Å². The molecule has 4 heterocycles. The number of carbonyl (C=O) groups excluding carboxylic acids is 1. The Labute approximate surface area is 185 Å². The molecule has 0 bridgehead atoms. The van der Waals surface area contributed by atoms with Crippen molar-refractivity contribution in [1.29, 1.82) is 0 Å². The maximum absolute atomic E-state index is 13.3. The summed E-state index contributed by atoms with van der Waals surface area (Å²) in [5, 5.41) is 9.07. The molecule has 1 fully saturated rings. The second-order valence-corrected chi connectivity index (χ2v) is 17.7. The number of fused-ring (bicyclic) bond motifs is 2. The van der Waals surface area contributed by atoms with Crippen LogP contribution in [0.1, 0.15) is 16.1 Å². The first-order valence-corrected chi connectivity index (χ1v) is 17.3. The fraction of sp³-hybridized carbons (Fsp3) is 0.353. The van der Waals surface area contributed by atoms with Crippen molar-refractivity contribution in [2.75, 3.05) is 26.9 Å². The Kier molecular flexibility index (Phi) is 5.54. The number of halogens is 2. The Bertz CT molecular complexity index is 1070. The summed E-state index contributed by atoms with van der Waals surface area (Å²) in [6.07, 6.45) is 1.77. The molecule has 1 saturated heterocycles. The van der Waals surface area contributed by atoms with Gasteiger partial charge < -0.3 is 5.32 Å². The summed E-state index contributed by atoms with van der Waals surface area (Å²) in [7, 11) is -2.84. The van der Waals surface area contributed by atoms with E-state index in [0.717, 1.165) is 9.39 Å². The van der Waals surface area contributed by atoms with Crippen LogP contribution in [-0.2, 0) is 22.4 Å². The van der Waals surface area contributed by atoms with Crippen LogP contribution in [0, 0.1) is 7.27 Å². The summed E-state index contributed by atoms with van der Waals surface area (Å²) in [5.74, 6) is -0.253. The van der Waals surface area contributed by atoms with Gasteiger partial charge in [-0.3, -0.25) is 10.5 Å². The summed E-state index contributed by atoms with van der Waals surface area (Å²) in [6, 6.07) is 6.40. The Hall–Kier alpha value is -0.860. The average Bonchev–Trinajstić information content (AvgIpc) is 3.46. The molecule has 0 radical (unpaired) electrons. The molecule has 5 rings (SSSR count). The number of para-hydroxylation sites is 1. The van der Waals surface area contributed by atoms with Crippen LogP contribution < -0.4 is 21.2 Å². The van der Waals surface area contributed by atoms with E-state index in [0.29, 0.717) is 29.1 Å². The minimum atomic E-state index is -2.84. The fourth-order valence-electron chi connectivity index (χ4n) is 3.23. The van der Waals surface area contributed by atoms with E-state index < -0.39 is 48.0 Å². The van der Waals surface area contributed by atoms with Gasteiger partial charge >= 0.3 is 170 Å². The molecule has 0 saturated carbocycles. The molecule has 3 aliphatic rings. The Morgan fingerprint density at radius 3 is 3.07 bits per heavy atom. The van der Waals surface area contributed by atoms with Gasteiger partial charge in [-0.2, -0.15) is 0 Å². The number of alkyl halides is 2. The number of rotatable bonds is 6. The minimum absolute atomic E-state index is 0.121. The van der Waals surface area contributed by atoms with Crippen LogP contribution in [0.25, 0.3) is 0 Å². The molecule has 1 unspecified atom stereocenters. The molecule has 1 atom stereocenters. The van der Waals surface area contributed by atoms with Gasteiger partial charge in [0.2, 0.25) is 0 Å². The first-order chi connectivity index (χ1) is 14.0. The van der Waals surface area contributed by atoms with Gasteiger partial charge in [0.05, 0.1) is 0 Å². The molecular formula is C17H21I2N6O3P. The van der Waals surface area contributed by atoms with Crippen LogP contribution in [0.15, 0.2) is 24.5 Å². The Morgan fingerprint density at radius 2 is 2.24 bits per heavy atom.